The Morgan fingerprint density at radius 1 is 1.47 bits per heavy atom. The molecule has 1 aliphatic rings. The van der Waals surface area contributed by atoms with Gasteiger partial charge in [-0.1, -0.05) is 11.6 Å². The van der Waals surface area contributed by atoms with Gasteiger partial charge in [-0.05, 0) is 30.2 Å². The fourth-order valence-corrected chi connectivity index (χ4v) is 2.56. The summed E-state index contributed by atoms with van der Waals surface area (Å²) in [5, 5.41) is 5.36. The van der Waals surface area contributed by atoms with Crippen LogP contribution in [-0.2, 0) is 6.42 Å². The Bertz CT molecular complexity index is 617. The van der Waals surface area contributed by atoms with Gasteiger partial charge in [0.25, 0.3) is 0 Å². The molecule has 2 aromatic rings. The second-order valence-electron chi connectivity index (χ2n) is 4.81. The lowest BCUT2D eigenvalue weighted by atomic mass is 10.1. The molecule has 3 rings (SSSR count). The summed E-state index contributed by atoms with van der Waals surface area (Å²) in [5.74, 6) is 0.998. The zero-order valence-electron chi connectivity index (χ0n) is 10.9. The molecule has 0 amide bonds. The lowest BCUT2D eigenvalue weighted by Gasteiger charge is -2.14. The third-order valence-corrected chi connectivity index (χ3v) is 3.70. The molecule has 1 aliphatic heterocycles. The Morgan fingerprint density at radius 2 is 2.37 bits per heavy atom. The minimum absolute atomic E-state index is 0.779. The van der Waals surface area contributed by atoms with Crippen molar-refractivity contribution in [3.8, 4) is 0 Å². The Morgan fingerprint density at radius 3 is 3.16 bits per heavy atom. The monoisotopic (exact) mass is 276 g/mol. The van der Waals surface area contributed by atoms with Crippen molar-refractivity contribution < 1.29 is 0 Å². The molecule has 5 heteroatoms. The van der Waals surface area contributed by atoms with E-state index in [4.69, 9.17) is 11.6 Å². The van der Waals surface area contributed by atoms with Crippen LogP contribution in [0.3, 0.4) is 0 Å². The summed E-state index contributed by atoms with van der Waals surface area (Å²) in [6.07, 6.45) is 3.01. The van der Waals surface area contributed by atoms with Gasteiger partial charge in [-0.25, -0.2) is 0 Å². The van der Waals surface area contributed by atoms with E-state index in [1.165, 1.54) is 10.9 Å². The van der Waals surface area contributed by atoms with Crippen molar-refractivity contribution in [2.24, 2.45) is 4.99 Å². The van der Waals surface area contributed by atoms with Crippen molar-refractivity contribution in [3.63, 3.8) is 0 Å². The summed E-state index contributed by atoms with van der Waals surface area (Å²) in [6.45, 7) is 2.77. The SMILES string of the molecule is CN1CCN=C1NCCc1c[nH]c2ccc(Cl)cc12. The van der Waals surface area contributed by atoms with E-state index in [9.17, 15) is 0 Å². The molecule has 0 atom stereocenters. The minimum Gasteiger partial charge on any atom is -0.361 e. The Labute approximate surface area is 117 Å². The van der Waals surface area contributed by atoms with Gasteiger partial charge in [0.1, 0.15) is 0 Å². The zero-order valence-corrected chi connectivity index (χ0v) is 11.7. The van der Waals surface area contributed by atoms with Gasteiger partial charge in [-0.15, -0.1) is 0 Å². The van der Waals surface area contributed by atoms with Gasteiger partial charge in [-0.2, -0.15) is 0 Å². The van der Waals surface area contributed by atoms with Crippen LogP contribution in [0.4, 0.5) is 0 Å². The number of hydrogen-bond acceptors (Lipinski definition) is 3. The number of benzene rings is 1. The van der Waals surface area contributed by atoms with Crippen molar-refractivity contribution in [1.29, 1.82) is 0 Å². The van der Waals surface area contributed by atoms with Crippen LogP contribution in [0.5, 0.6) is 0 Å². The summed E-state index contributed by atoms with van der Waals surface area (Å²) in [6, 6.07) is 5.94. The number of fused-ring (bicyclic) bond motifs is 1. The van der Waals surface area contributed by atoms with E-state index in [1.807, 2.05) is 18.2 Å². The van der Waals surface area contributed by atoms with Gasteiger partial charge in [0.2, 0.25) is 0 Å². The molecule has 0 spiro atoms. The molecule has 0 unspecified atom stereocenters. The van der Waals surface area contributed by atoms with Crippen LogP contribution < -0.4 is 5.32 Å². The van der Waals surface area contributed by atoms with Crippen LogP contribution >= 0.6 is 11.6 Å². The second-order valence-corrected chi connectivity index (χ2v) is 5.24. The summed E-state index contributed by atoms with van der Waals surface area (Å²) in [7, 11) is 2.06. The molecule has 0 saturated heterocycles. The van der Waals surface area contributed by atoms with Gasteiger partial charge < -0.3 is 15.2 Å². The third-order valence-electron chi connectivity index (χ3n) is 3.47. The highest BCUT2D eigenvalue weighted by atomic mass is 35.5. The molecule has 0 bridgehead atoms. The number of nitrogens with zero attached hydrogens (tertiary/aromatic N) is 2. The maximum Gasteiger partial charge on any atom is 0.193 e. The molecule has 1 aromatic heterocycles. The van der Waals surface area contributed by atoms with Crippen molar-refractivity contribution in [3.05, 3.63) is 35.0 Å². The molecule has 0 saturated carbocycles. The number of nitrogens with one attached hydrogen (secondary N) is 2. The van der Waals surface area contributed by atoms with E-state index < -0.39 is 0 Å². The van der Waals surface area contributed by atoms with Gasteiger partial charge in [-0.3, -0.25) is 4.99 Å². The molecule has 0 fully saturated rings. The van der Waals surface area contributed by atoms with Gasteiger partial charge >= 0.3 is 0 Å². The standard InChI is InChI=1S/C14H17ClN4/c1-19-7-6-17-14(19)16-5-4-10-9-18-13-3-2-11(15)8-12(10)13/h2-3,8-9,18H,4-7H2,1H3,(H,16,17). The first-order valence-electron chi connectivity index (χ1n) is 6.49. The predicted molar refractivity (Wildman–Crippen MR) is 79.9 cm³/mol. The highest BCUT2D eigenvalue weighted by Gasteiger charge is 2.11. The second kappa shape index (κ2) is 5.13. The molecule has 100 valence electrons. The van der Waals surface area contributed by atoms with Gasteiger partial charge in [0, 0.05) is 42.3 Å². The fraction of sp³-hybridized carbons (Fsp3) is 0.357. The number of likely N-dealkylation sites (N-methyl/N-ethyl adjacent to an activating group) is 1. The largest absolute Gasteiger partial charge is 0.361 e. The average Bonchev–Trinajstić information content (AvgIpc) is 2.97. The number of halogens is 1. The summed E-state index contributed by atoms with van der Waals surface area (Å²) >= 11 is 6.05. The lowest BCUT2D eigenvalue weighted by molar-refractivity contribution is 0.534. The number of guanidine groups is 1. The number of H-pyrrole nitrogens is 1. The maximum atomic E-state index is 6.05. The predicted octanol–water partition coefficient (Wildman–Crippen LogP) is 2.25. The van der Waals surface area contributed by atoms with Crippen molar-refractivity contribution in [1.82, 2.24) is 15.2 Å². The van der Waals surface area contributed by atoms with E-state index in [-0.39, 0.29) is 0 Å². The molecule has 19 heavy (non-hydrogen) atoms. The average molecular weight is 277 g/mol. The van der Waals surface area contributed by atoms with Crippen LogP contribution in [0.2, 0.25) is 5.02 Å². The molecule has 4 nitrogen and oxygen atoms in total. The number of aromatic amines is 1. The summed E-state index contributed by atoms with van der Waals surface area (Å²) in [4.78, 5) is 9.83. The minimum atomic E-state index is 0.779. The molecule has 0 radical (unpaired) electrons. The van der Waals surface area contributed by atoms with Crippen LogP contribution in [-0.4, -0.2) is 42.5 Å². The lowest BCUT2D eigenvalue weighted by Crippen LogP contribution is -2.36. The van der Waals surface area contributed by atoms with E-state index in [0.717, 1.165) is 42.6 Å². The Balaban J connectivity index is 1.67. The van der Waals surface area contributed by atoms with Crippen LogP contribution in [0, 0.1) is 0 Å². The van der Waals surface area contributed by atoms with Crippen LogP contribution in [0.1, 0.15) is 5.56 Å². The smallest absolute Gasteiger partial charge is 0.193 e. The van der Waals surface area contributed by atoms with E-state index in [2.05, 4.69) is 33.4 Å². The topological polar surface area (TPSA) is 43.4 Å². The highest BCUT2D eigenvalue weighted by Crippen LogP contribution is 2.22. The first-order chi connectivity index (χ1) is 9.24. The highest BCUT2D eigenvalue weighted by molar-refractivity contribution is 6.31. The van der Waals surface area contributed by atoms with Crippen molar-refractivity contribution >= 4 is 28.5 Å². The Kier molecular flexibility index (Phi) is 3.34. The number of aromatic nitrogens is 1. The quantitative estimate of drug-likeness (QED) is 0.903. The molecule has 0 aliphatic carbocycles. The molecule has 2 N–H and O–H groups in total. The fourth-order valence-electron chi connectivity index (χ4n) is 2.39. The molecular formula is C14H17ClN4. The number of rotatable bonds is 3. The number of hydrogen-bond donors (Lipinski definition) is 2. The third kappa shape index (κ3) is 2.54. The first kappa shape index (κ1) is 12.4. The van der Waals surface area contributed by atoms with E-state index in [1.54, 1.807) is 0 Å². The maximum absolute atomic E-state index is 6.05. The number of aliphatic imine (C=N–C) groups is 1. The Hall–Kier alpha value is -1.68. The molecule has 2 heterocycles. The van der Waals surface area contributed by atoms with Gasteiger partial charge in [0.05, 0.1) is 6.54 Å². The van der Waals surface area contributed by atoms with Crippen LogP contribution in [0.15, 0.2) is 29.4 Å². The van der Waals surface area contributed by atoms with Crippen molar-refractivity contribution in [2.75, 3.05) is 26.7 Å². The summed E-state index contributed by atoms with van der Waals surface area (Å²) in [5.41, 5.74) is 2.42. The zero-order chi connectivity index (χ0) is 13.2. The first-order valence-corrected chi connectivity index (χ1v) is 6.87. The summed E-state index contributed by atoms with van der Waals surface area (Å²) < 4.78 is 0. The molecule has 1 aromatic carbocycles. The normalized spacial score (nSPS) is 15.1. The van der Waals surface area contributed by atoms with Crippen LogP contribution in [0.25, 0.3) is 10.9 Å². The van der Waals surface area contributed by atoms with E-state index in [0.29, 0.717) is 0 Å². The van der Waals surface area contributed by atoms with Gasteiger partial charge in [0.15, 0.2) is 5.96 Å². The van der Waals surface area contributed by atoms with E-state index >= 15 is 0 Å². The van der Waals surface area contributed by atoms with Crippen molar-refractivity contribution in [2.45, 2.75) is 6.42 Å². The molecular weight excluding hydrogens is 260 g/mol.